The summed E-state index contributed by atoms with van der Waals surface area (Å²) in [5, 5.41) is 1.85. The zero-order chi connectivity index (χ0) is 12.4. The largest absolute Gasteiger partial charge is 0.412 e. The highest BCUT2D eigenvalue weighted by Gasteiger charge is 2.24. The van der Waals surface area contributed by atoms with Crippen LogP contribution in [0.2, 0.25) is 0 Å². The standard InChI is InChI=1S/C9H9N3O4S/c1-17-9(15)16-7-5(13)2-3-12-6(7)8(14)10-4-11-12/h2-3,11H,4H2,1H3,(H,10,14). The highest BCUT2D eigenvalue weighted by Crippen LogP contribution is 2.16. The van der Waals surface area contributed by atoms with Crippen LogP contribution < -0.4 is 20.9 Å². The van der Waals surface area contributed by atoms with Gasteiger partial charge in [0.05, 0.1) is 0 Å². The third-order valence-corrected chi connectivity index (χ3v) is 2.54. The number of pyridine rings is 1. The summed E-state index contributed by atoms with van der Waals surface area (Å²) in [6, 6.07) is 1.22. The van der Waals surface area contributed by atoms with E-state index in [0.29, 0.717) is 0 Å². The first kappa shape index (κ1) is 11.5. The van der Waals surface area contributed by atoms with Crippen molar-refractivity contribution in [1.29, 1.82) is 0 Å². The fourth-order valence-corrected chi connectivity index (χ4v) is 1.54. The molecule has 2 N–H and O–H groups in total. The predicted molar refractivity (Wildman–Crippen MR) is 61.9 cm³/mol. The van der Waals surface area contributed by atoms with Crippen LogP contribution in [0, 0.1) is 0 Å². The summed E-state index contributed by atoms with van der Waals surface area (Å²) in [5.74, 6) is -0.734. The van der Waals surface area contributed by atoms with Crippen molar-refractivity contribution in [3.8, 4) is 5.75 Å². The number of nitrogens with zero attached hydrogens (tertiary/aromatic N) is 1. The van der Waals surface area contributed by atoms with E-state index in [-0.39, 0.29) is 18.1 Å². The quantitative estimate of drug-likeness (QED) is 0.684. The molecule has 1 amide bonds. The molecule has 1 aromatic rings. The van der Waals surface area contributed by atoms with Gasteiger partial charge < -0.3 is 15.5 Å². The van der Waals surface area contributed by atoms with E-state index in [1.807, 2.05) is 0 Å². The molecular formula is C9H9N3O4S. The predicted octanol–water partition coefficient (Wildman–Crippen LogP) is -0.0455. The molecule has 1 aliphatic rings. The molecule has 2 rings (SSSR count). The number of nitrogens with one attached hydrogen (secondary N) is 2. The van der Waals surface area contributed by atoms with Gasteiger partial charge in [-0.25, -0.2) is 4.79 Å². The van der Waals surface area contributed by atoms with Crippen molar-refractivity contribution in [3.05, 3.63) is 28.2 Å². The van der Waals surface area contributed by atoms with Crippen LogP contribution in [-0.2, 0) is 0 Å². The number of rotatable bonds is 1. The molecule has 1 aromatic heterocycles. The Kier molecular flexibility index (Phi) is 3.05. The van der Waals surface area contributed by atoms with Gasteiger partial charge in [-0.3, -0.25) is 14.3 Å². The smallest absolute Gasteiger partial charge is 0.372 e. The number of amides is 1. The summed E-state index contributed by atoms with van der Waals surface area (Å²) in [4.78, 5) is 34.4. The van der Waals surface area contributed by atoms with Crippen molar-refractivity contribution in [2.75, 3.05) is 18.4 Å². The van der Waals surface area contributed by atoms with Crippen LogP contribution >= 0.6 is 11.8 Å². The lowest BCUT2D eigenvalue weighted by molar-refractivity contribution is 0.0932. The molecule has 0 saturated heterocycles. The summed E-state index contributed by atoms with van der Waals surface area (Å²) in [7, 11) is 0. The molecule has 0 aliphatic carbocycles. The molecule has 8 heteroatoms. The molecule has 1 aliphatic heterocycles. The van der Waals surface area contributed by atoms with Crippen LogP contribution in [0.1, 0.15) is 10.5 Å². The summed E-state index contributed by atoms with van der Waals surface area (Å²) < 4.78 is 6.20. The fourth-order valence-electron chi connectivity index (χ4n) is 1.38. The lowest BCUT2D eigenvalue weighted by Gasteiger charge is -2.22. The molecule has 0 unspecified atom stereocenters. The van der Waals surface area contributed by atoms with Crippen molar-refractivity contribution < 1.29 is 14.3 Å². The average Bonchev–Trinajstić information content (AvgIpc) is 2.33. The summed E-state index contributed by atoms with van der Waals surface area (Å²) >= 11 is 0.819. The fraction of sp³-hybridized carbons (Fsp3) is 0.222. The molecule has 0 bridgehead atoms. The maximum atomic E-state index is 11.6. The van der Waals surface area contributed by atoms with Gasteiger partial charge in [0.25, 0.3) is 5.91 Å². The first-order chi connectivity index (χ1) is 8.13. The topological polar surface area (TPSA) is 89.4 Å². The lowest BCUT2D eigenvalue weighted by atomic mass is 10.3. The summed E-state index contributed by atoms with van der Waals surface area (Å²) in [6.07, 6.45) is 2.93. The monoisotopic (exact) mass is 255 g/mol. The minimum absolute atomic E-state index is 0.00819. The molecule has 0 aromatic carbocycles. The Balaban J connectivity index is 2.53. The number of hydrogen-bond acceptors (Lipinski definition) is 6. The van der Waals surface area contributed by atoms with E-state index in [1.165, 1.54) is 23.2 Å². The minimum atomic E-state index is -0.644. The Morgan fingerprint density at radius 3 is 3.00 bits per heavy atom. The van der Waals surface area contributed by atoms with Crippen LogP contribution in [0.25, 0.3) is 0 Å². The molecule has 7 nitrogen and oxygen atoms in total. The van der Waals surface area contributed by atoms with E-state index in [0.717, 1.165) is 11.8 Å². The highest BCUT2D eigenvalue weighted by atomic mass is 32.2. The molecule has 0 radical (unpaired) electrons. The number of fused-ring (bicyclic) bond motifs is 1. The molecular weight excluding hydrogens is 246 g/mol. The van der Waals surface area contributed by atoms with Gasteiger partial charge >= 0.3 is 5.30 Å². The molecule has 0 saturated carbocycles. The van der Waals surface area contributed by atoms with Crippen molar-refractivity contribution in [3.63, 3.8) is 0 Å². The van der Waals surface area contributed by atoms with Gasteiger partial charge in [0.2, 0.25) is 11.2 Å². The normalized spacial score (nSPS) is 13.4. The Labute approximate surface area is 100 Å². The van der Waals surface area contributed by atoms with Crippen LogP contribution in [0.5, 0.6) is 5.75 Å². The number of aromatic nitrogens is 1. The molecule has 0 fully saturated rings. The van der Waals surface area contributed by atoms with E-state index >= 15 is 0 Å². The lowest BCUT2D eigenvalue weighted by Crippen LogP contribution is -2.43. The SMILES string of the molecule is CSC(=O)Oc1c2n(ccc1=O)NCNC2=O. The Bertz CT molecular complexity index is 540. The van der Waals surface area contributed by atoms with Crippen LogP contribution in [0.15, 0.2) is 17.1 Å². The zero-order valence-corrected chi connectivity index (χ0v) is 9.67. The van der Waals surface area contributed by atoms with Crippen LogP contribution in [0.4, 0.5) is 4.79 Å². The van der Waals surface area contributed by atoms with E-state index in [4.69, 9.17) is 4.74 Å². The molecule has 0 spiro atoms. The maximum absolute atomic E-state index is 11.6. The van der Waals surface area contributed by atoms with Crippen molar-refractivity contribution in [2.24, 2.45) is 0 Å². The first-order valence-corrected chi connectivity index (χ1v) is 5.89. The second-order valence-electron chi connectivity index (χ2n) is 3.12. The molecule has 2 heterocycles. The highest BCUT2D eigenvalue weighted by molar-refractivity contribution is 8.12. The van der Waals surface area contributed by atoms with Crippen molar-refractivity contribution >= 4 is 23.0 Å². The van der Waals surface area contributed by atoms with Crippen molar-refractivity contribution in [2.45, 2.75) is 0 Å². The zero-order valence-electron chi connectivity index (χ0n) is 8.85. The maximum Gasteiger partial charge on any atom is 0.372 e. The molecule has 17 heavy (non-hydrogen) atoms. The van der Waals surface area contributed by atoms with Gasteiger partial charge in [0, 0.05) is 12.3 Å². The van der Waals surface area contributed by atoms with E-state index in [2.05, 4.69) is 10.7 Å². The van der Waals surface area contributed by atoms with Gasteiger partial charge in [0.15, 0.2) is 5.69 Å². The second-order valence-corrected chi connectivity index (χ2v) is 3.87. The Hall–Kier alpha value is -1.96. The van der Waals surface area contributed by atoms with Gasteiger partial charge in [-0.2, -0.15) is 0 Å². The Morgan fingerprint density at radius 2 is 2.29 bits per heavy atom. The summed E-state index contributed by atoms with van der Waals surface area (Å²) in [6.45, 7) is 0.241. The van der Waals surface area contributed by atoms with Crippen LogP contribution in [0.3, 0.4) is 0 Å². The second kappa shape index (κ2) is 4.50. The van der Waals surface area contributed by atoms with E-state index in [1.54, 1.807) is 0 Å². The molecule has 90 valence electrons. The first-order valence-electron chi connectivity index (χ1n) is 4.67. The Morgan fingerprint density at radius 1 is 1.53 bits per heavy atom. The number of carbonyl (C=O) groups excluding carboxylic acids is 2. The van der Waals surface area contributed by atoms with E-state index in [9.17, 15) is 14.4 Å². The number of hydrogen-bond donors (Lipinski definition) is 2. The van der Waals surface area contributed by atoms with Gasteiger partial charge in [-0.05, 0) is 18.0 Å². The minimum Gasteiger partial charge on any atom is -0.412 e. The average molecular weight is 255 g/mol. The molecule has 0 atom stereocenters. The van der Waals surface area contributed by atoms with Crippen molar-refractivity contribution in [1.82, 2.24) is 9.99 Å². The third kappa shape index (κ3) is 2.11. The third-order valence-electron chi connectivity index (χ3n) is 2.12. The summed E-state index contributed by atoms with van der Waals surface area (Å²) in [5.41, 5.74) is 2.28. The number of ether oxygens (including phenoxy) is 1. The van der Waals surface area contributed by atoms with Gasteiger partial charge in [-0.15, -0.1) is 0 Å². The van der Waals surface area contributed by atoms with Gasteiger partial charge in [0.1, 0.15) is 6.67 Å². The number of carbonyl (C=O) groups is 2. The number of thioether (sulfide) groups is 1. The van der Waals surface area contributed by atoms with Crippen LogP contribution in [-0.4, -0.2) is 28.8 Å². The van der Waals surface area contributed by atoms with E-state index < -0.39 is 16.6 Å². The van der Waals surface area contributed by atoms with Gasteiger partial charge in [-0.1, -0.05) is 0 Å².